The van der Waals surface area contributed by atoms with Gasteiger partial charge in [-0.15, -0.1) is 0 Å². The summed E-state index contributed by atoms with van der Waals surface area (Å²) in [7, 11) is 0. The molecule has 74 valence electrons. The van der Waals surface area contributed by atoms with E-state index >= 15 is 0 Å². The Kier molecular flexibility index (Phi) is 1.53. The maximum Gasteiger partial charge on any atom is 0.126 e. The molecule has 2 heteroatoms. The normalized spacial score (nSPS) is 52.5. The highest BCUT2D eigenvalue weighted by atomic mass is 16.3. The summed E-state index contributed by atoms with van der Waals surface area (Å²) in [6.45, 7) is 6.38. The van der Waals surface area contributed by atoms with Crippen LogP contribution in [0.2, 0.25) is 0 Å². The number of aliphatic hydroxyl groups excluding tert-OH is 1. The lowest BCUT2D eigenvalue weighted by Crippen LogP contribution is -2.37. The highest BCUT2D eigenvalue weighted by Crippen LogP contribution is 2.71. The van der Waals surface area contributed by atoms with Crippen LogP contribution in [0.15, 0.2) is 0 Å². The van der Waals surface area contributed by atoms with E-state index < -0.39 is 0 Å². The number of carbonyl (C=O) groups is 1. The molecular formula is C11H18O2. The SMILES string of the molecule is CC12CCC(C=O)(CC1O)C2(C)C. The van der Waals surface area contributed by atoms with Gasteiger partial charge in [-0.1, -0.05) is 20.8 Å². The molecule has 2 aliphatic carbocycles. The second-order valence-electron chi connectivity index (χ2n) is 5.54. The largest absolute Gasteiger partial charge is 0.393 e. The van der Waals surface area contributed by atoms with E-state index in [4.69, 9.17) is 0 Å². The molecule has 0 radical (unpaired) electrons. The van der Waals surface area contributed by atoms with E-state index in [0.717, 1.165) is 19.1 Å². The Balaban J connectivity index is 2.52. The molecule has 2 aliphatic rings. The Bertz CT molecular complexity index is 259. The van der Waals surface area contributed by atoms with Gasteiger partial charge in [0.2, 0.25) is 0 Å². The van der Waals surface area contributed by atoms with Gasteiger partial charge in [0.1, 0.15) is 6.29 Å². The van der Waals surface area contributed by atoms with E-state index in [1.165, 1.54) is 0 Å². The summed E-state index contributed by atoms with van der Waals surface area (Å²) < 4.78 is 0. The third-order valence-corrected chi connectivity index (χ3v) is 5.28. The maximum atomic E-state index is 11.2. The first-order valence-electron chi connectivity index (χ1n) is 5.04. The number of aliphatic hydroxyl groups is 1. The van der Waals surface area contributed by atoms with E-state index in [0.29, 0.717) is 6.42 Å². The maximum absolute atomic E-state index is 11.2. The Morgan fingerprint density at radius 3 is 2.15 bits per heavy atom. The molecule has 3 unspecified atom stereocenters. The first-order chi connectivity index (χ1) is 5.90. The average molecular weight is 182 g/mol. The smallest absolute Gasteiger partial charge is 0.126 e. The van der Waals surface area contributed by atoms with Crippen LogP contribution >= 0.6 is 0 Å². The Labute approximate surface area is 79.3 Å². The van der Waals surface area contributed by atoms with Crippen molar-refractivity contribution in [3.8, 4) is 0 Å². The molecule has 0 aliphatic heterocycles. The van der Waals surface area contributed by atoms with Crippen molar-refractivity contribution in [1.82, 2.24) is 0 Å². The van der Waals surface area contributed by atoms with Crippen molar-refractivity contribution in [2.24, 2.45) is 16.2 Å². The van der Waals surface area contributed by atoms with Crippen molar-refractivity contribution in [3.05, 3.63) is 0 Å². The molecular weight excluding hydrogens is 164 g/mol. The summed E-state index contributed by atoms with van der Waals surface area (Å²) in [5, 5.41) is 9.95. The second-order valence-corrected chi connectivity index (χ2v) is 5.54. The van der Waals surface area contributed by atoms with Gasteiger partial charge in [0.15, 0.2) is 0 Å². The van der Waals surface area contributed by atoms with Crippen LogP contribution in [0.5, 0.6) is 0 Å². The zero-order valence-electron chi connectivity index (χ0n) is 8.63. The molecule has 2 saturated carbocycles. The van der Waals surface area contributed by atoms with Crippen LogP contribution in [0, 0.1) is 16.2 Å². The quantitative estimate of drug-likeness (QED) is 0.627. The molecule has 3 atom stereocenters. The van der Waals surface area contributed by atoms with E-state index in [1.54, 1.807) is 0 Å². The Hall–Kier alpha value is -0.370. The fraction of sp³-hybridized carbons (Fsp3) is 0.909. The van der Waals surface area contributed by atoms with Crippen LogP contribution < -0.4 is 0 Å². The number of aldehydes is 1. The highest BCUT2D eigenvalue weighted by Gasteiger charge is 2.69. The lowest BCUT2D eigenvalue weighted by Gasteiger charge is -2.38. The molecule has 0 heterocycles. The van der Waals surface area contributed by atoms with Gasteiger partial charge in [-0.2, -0.15) is 0 Å². The molecule has 2 bridgehead atoms. The van der Waals surface area contributed by atoms with E-state index in [1.807, 2.05) is 0 Å². The summed E-state index contributed by atoms with van der Waals surface area (Å²) in [6, 6.07) is 0. The summed E-state index contributed by atoms with van der Waals surface area (Å²) in [5.74, 6) is 0. The standard InChI is InChI=1S/C11H18O2/c1-9(2)10(3)4-5-11(9,7-12)6-8(10)13/h7-8,13H,4-6H2,1-3H3. The molecule has 0 aromatic rings. The molecule has 0 spiro atoms. The molecule has 0 aromatic heterocycles. The van der Waals surface area contributed by atoms with Crippen LogP contribution in [-0.2, 0) is 4.79 Å². The van der Waals surface area contributed by atoms with Gasteiger partial charge in [-0.05, 0) is 30.1 Å². The van der Waals surface area contributed by atoms with Gasteiger partial charge < -0.3 is 9.90 Å². The molecule has 2 rings (SSSR count). The zero-order valence-corrected chi connectivity index (χ0v) is 8.63. The van der Waals surface area contributed by atoms with Crippen molar-refractivity contribution in [1.29, 1.82) is 0 Å². The second kappa shape index (κ2) is 2.17. The molecule has 0 aromatic carbocycles. The summed E-state index contributed by atoms with van der Waals surface area (Å²) in [6.07, 6.45) is 3.41. The lowest BCUT2D eigenvalue weighted by atomic mass is 9.65. The third-order valence-electron chi connectivity index (χ3n) is 5.28. The summed E-state index contributed by atoms with van der Waals surface area (Å²) in [4.78, 5) is 11.2. The molecule has 1 N–H and O–H groups in total. The number of fused-ring (bicyclic) bond motifs is 2. The van der Waals surface area contributed by atoms with Gasteiger partial charge in [0.25, 0.3) is 0 Å². The Morgan fingerprint density at radius 1 is 1.31 bits per heavy atom. The van der Waals surface area contributed by atoms with Crippen LogP contribution in [-0.4, -0.2) is 17.5 Å². The lowest BCUT2D eigenvalue weighted by molar-refractivity contribution is -0.120. The monoisotopic (exact) mass is 182 g/mol. The van der Waals surface area contributed by atoms with Gasteiger partial charge in [0, 0.05) is 5.41 Å². The fourth-order valence-corrected chi connectivity index (χ4v) is 3.44. The molecule has 2 nitrogen and oxygen atoms in total. The number of hydrogen-bond donors (Lipinski definition) is 1. The molecule has 0 amide bonds. The Morgan fingerprint density at radius 2 is 1.92 bits per heavy atom. The fourth-order valence-electron chi connectivity index (χ4n) is 3.44. The van der Waals surface area contributed by atoms with Crippen LogP contribution in [0.25, 0.3) is 0 Å². The van der Waals surface area contributed by atoms with Gasteiger partial charge in [-0.3, -0.25) is 0 Å². The minimum Gasteiger partial charge on any atom is -0.393 e. The van der Waals surface area contributed by atoms with Crippen LogP contribution in [0.3, 0.4) is 0 Å². The average Bonchev–Trinajstić information content (AvgIpc) is 2.34. The summed E-state index contributed by atoms with van der Waals surface area (Å²) in [5.41, 5.74) is -0.337. The van der Waals surface area contributed by atoms with Gasteiger partial charge in [0.05, 0.1) is 6.10 Å². The van der Waals surface area contributed by atoms with E-state index in [-0.39, 0.29) is 22.3 Å². The van der Waals surface area contributed by atoms with Crippen molar-refractivity contribution in [2.45, 2.75) is 46.1 Å². The highest BCUT2D eigenvalue weighted by molar-refractivity contribution is 5.64. The number of rotatable bonds is 1. The first kappa shape index (κ1) is 9.20. The zero-order chi connectivity index (χ0) is 9.91. The van der Waals surface area contributed by atoms with Crippen molar-refractivity contribution < 1.29 is 9.90 Å². The minimum absolute atomic E-state index is 0.0405. The molecule has 13 heavy (non-hydrogen) atoms. The topological polar surface area (TPSA) is 37.3 Å². The van der Waals surface area contributed by atoms with E-state index in [2.05, 4.69) is 20.8 Å². The third kappa shape index (κ3) is 0.723. The van der Waals surface area contributed by atoms with Crippen LogP contribution in [0.4, 0.5) is 0 Å². The predicted octanol–water partition coefficient (Wildman–Crippen LogP) is 1.76. The minimum atomic E-state index is -0.290. The van der Waals surface area contributed by atoms with Crippen molar-refractivity contribution in [2.75, 3.05) is 0 Å². The van der Waals surface area contributed by atoms with Crippen molar-refractivity contribution >= 4 is 6.29 Å². The molecule has 0 saturated heterocycles. The van der Waals surface area contributed by atoms with Crippen LogP contribution in [0.1, 0.15) is 40.0 Å². The predicted molar refractivity (Wildman–Crippen MR) is 50.2 cm³/mol. The molecule has 2 fully saturated rings. The van der Waals surface area contributed by atoms with Gasteiger partial charge in [-0.25, -0.2) is 0 Å². The first-order valence-corrected chi connectivity index (χ1v) is 5.04. The summed E-state index contributed by atoms with van der Waals surface area (Å²) >= 11 is 0. The van der Waals surface area contributed by atoms with Gasteiger partial charge >= 0.3 is 0 Å². The van der Waals surface area contributed by atoms with E-state index in [9.17, 15) is 9.90 Å². The number of hydrogen-bond acceptors (Lipinski definition) is 2. The number of carbonyl (C=O) groups excluding carboxylic acids is 1. The van der Waals surface area contributed by atoms with Crippen molar-refractivity contribution in [3.63, 3.8) is 0 Å².